The van der Waals surface area contributed by atoms with Crippen molar-refractivity contribution >= 4 is 11.9 Å². The summed E-state index contributed by atoms with van der Waals surface area (Å²) in [4.78, 5) is 40.3. The Labute approximate surface area is 195 Å². The van der Waals surface area contributed by atoms with E-state index in [4.69, 9.17) is 0 Å². The van der Waals surface area contributed by atoms with E-state index in [1.165, 1.54) is 0 Å². The first-order chi connectivity index (χ1) is 16.0. The van der Waals surface area contributed by atoms with Gasteiger partial charge in [0.05, 0.1) is 0 Å². The Morgan fingerprint density at radius 2 is 1.85 bits per heavy atom. The van der Waals surface area contributed by atoms with Crippen LogP contribution in [0.1, 0.15) is 49.8 Å². The Morgan fingerprint density at radius 3 is 2.64 bits per heavy atom. The molecule has 2 aliphatic heterocycles. The highest BCUT2D eigenvalue weighted by atomic mass is 16.2. The van der Waals surface area contributed by atoms with Crippen LogP contribution in [0.5, 0.6) is 0 Å². The Balaban J connectivity index is 1.44. The number of rotatable bonds is 8. The number of piperidine rings is 1. The number of carbonyl (C=O) groups is 2. The van der Waals surface area contributed by atoms with Crippen LogP contribution in [0.4, 0.5) is 4.79 Å². The zero-order valence-corrected chi connectivity index (χ0v) is 19.3. The molecule has 0 radical (unpaired) electrons. The molecule has 2 aromatic rings. The summed E-state index contributed by atoms with van der Waals surface area (Å²) in [6.45, 7) is 4.54. The molecule has 4 rings (SSSR count). The van der Waals surface area contributed by atoms with Crippen molar-refractivity contribution in [3.05, 3.63) is 70.1 Å². The zero-order chi connectivity index (χ0) is 23.2. The molecule has 33 heavy (non-hydrogen) atoms. The maximum absolute atomic E-state index is 13.3. The summed E-state index contributed by atoms with van der Waals surface area (Å²) < 4.78 is 1.86. The molecule has 0 saturated carbocycles. The fourth-order valence-corrected chi connectivity index (χ4v) is 5.07. The molecule has 7 heteroatoms. The molecule has 3 heterocycles. The topological polar surface area (TPSA) is 83.4 Å². The molecule has 176 valence electrons. The highest BCUT2D eigenvalue weighted by molar-refractivity contribution is 5.87. The number of nitrogens with one attached hydrogen (secondary N) is 2. The van der Waals surface area contributed by atoms with Crippen molar-refractivity contribution in [2.75, 3.05) is 19.6 Å². The number of amides is 3. The van der Waals surface area contributed by atoms with E-state index in [9.17, 15) is 14.4 Å². The van der Waals surface area contributed by atoms with Crippen molar-refractivity contribution in [3.8, 4) is 0 Å². The van der Waals surface area contributed by atoms with Crippen LogP contribution in [0.2, 0.25) is 0 Å². The highest BCUT2D eigenvalue weighted by Gasteiger charge is 2.37. The van der Waals surface area contributed by atoms with Gasteiger partial charge in [-0.05, 0) is 30.4 Å². The van der Waals surface area contributed by atoms with Crippen molar-refractivity contribution in [2.24, 2.45) is 5.92 Å². The predicted molar refractivity (Wildman–Crippen MR) is 128 cm³/mol. The lowest BCUT2D eigenvalue weighted by Crippen LogP contribution is -2.56. The predicted octanol–water partition coefficient (Wildman–Crippen LogP) is 2.89. The summed E-state index contributed by atoms with van der Waals surface area (Å²) in [5.74, 6) is 0.252. The maximum atomic E-state index is 13.3. The normalized spacial score (nSPS) is 20.0. The van der Waals surface area contributed by atoms with Crippen LogP contribution >= 0.6 is 0 Å². The van der Waals surface area contributed by atoms with E-state index >= 15 is 0 Å². The van der Waals surface area contributed by atoms with Gasteiger partial charge in [-0.2, -0.15) is 0 Å². The van der Waals surface area contributed by atoms with Crippen molar-refractivity contribution in [2.45, 2.75) is 57.5 Å². The molecule has 0 spiro atoms. The minimum Gasteiger partial charge on any atom is -0.354 e. The first-order valence-electron chi connectivity index (χ1n) is 12.1. The summed E-state index contributed by atoms with van der Waals surface area (Å²) in [6, 6.07) is 14.3. The molecule has 3 atom stereocenters. The number of hydrogen-bond donors (Lipinski definition) is 2. The number of nitrogens with zero attached hydrogens (tertiary/aromatic N) is 2. The van der Waals surface area contributed by atoms with Gasteiger partial charge in [0.2, 0.25) is 5.91 Å². The number of benzene rings is 1. The number of hydrogen-bond acceptors (Lipinski definition) is 3. The van der Waals surface area contributed by atoms with Crippen LogP contribution in [0, 0.1) is 5.92 Å². The summed E-state index contributed by atoms with van der Waals surface area (Å²) in [6.07, 6.45) is 4.52. The van der Waals surface area contributed by atoms with Gasteiger partial charge < -0.3 is 20.1 Å². The molecule has 3 amide bonds. The van der Waals surface area contributed by atoms with E-state index in [-0.39, 0.29) is 29.3 Å². The number of aromatic nitrogens is 1. The molecule has 1 saturated heterocycles. The molecule has 2 aliphatic rings. The van der Waals surface area contributed by atoms with Gasteiger partial charge in [0.15, 0.2) is 0 Å². The molecule has 1 fully saturated rings. The van der Waals surface area contributed by atoms with Crippen LogP contribution in [-0.2, 0) is 17.8 Å². The lowest BCUT2D eigenvalue weighted by molar-refractivity contribution is -0.123. The average Bonchev–Trinajstić information content (AvgIpc) is 2.82. The second-order valence-electron chi connectivity index (χ2n) is 9.29. The fraction of sp³-hybridized carbons (Fsp3) is 0.500. The maximum Gasteiger partial charge on any atom is 0.318 e. The average molecular weight is 451 g/mol. The molecule has 0 unspecified atom stereocenters. The van der Waals surface area contributed by atoms with E-state index < -0.39 is 6.04 Å². The zero-order valence-electron chi connectivity index (χ0n) is 19.3. The quantitative estimate of drug-likeness (QED) is 0.607. The molecule has 1 aromatic heterocycles. The second-order valence-corrected chi connectivity index (χ2v) is 9.29. The number of carbonyl (C=O) groups excluding carboxylic acids is 2. The van der Waals surface area contributed by atoms with E-state index in [2.05, 4.69) is 17.6 Å². The Hall–Kier alpha value is -3.09. The second kappa shape index (κ2) is 10.7. The largest absolute Gasteiger partial charge is 0.354 e. The van der Waals surface area contributed by atoms with Gasteiger partial charge in [0.1, 0.15) is 6.04 Å². The first-order valence-corrected chi connectivity index (χ1v) is 12.1. The molecule has 2 N–H and O–H groups in total. The summed E-state index contributed by atoms with van der Waals surface area (Å²) >= 11 is 0. The van der Waals surface area contributed by atoms with Gasteiger partial charge in [-0.3, -0.25) is 9.59 Å². The van der Waals surface area contributed by atoms with Gasteiger partial charge in [-0.15, -0.1) is 0 Å². The summed E-state index contributed by atoms with van der Waals surface area (Å²) in [5.41, 5.74) is 2.05. The summed E-state index contributed by atoms with van der Waals surface area (Å²) in [7, 11) is 0. The lowest BCUT2D eigenvalue weighted by Gasteiger charge is -2.43. The van der Waals surface area contributed by atoms with E-state index in [1.807, 2.05) is 45.9 Å². The Morgan fingerprint density at radius 1 is 1.03 bits per heavy atom. The van der Waals surface area contributed by atoms with E-state index in [0.717, 1.165) is 36.9 Å². The van der Waals surface area contributed by atoms with Crippen molar-refractivity contribution < 1.29 is 9.59 Å². The van der Waals surface area contributed by atoms with Crippen molar-refractivity contribution in [3.63, 3.8) is 0 Å². The monoisotopic (exact) mass is 450 g/mol. The number of urea groups is 1. The van der Waals surface area contributed by atoms with Crippen LogP contribution in [0.15, 0.2) is 53.3 Å². The summed E-state index contributed by atoms with van der Waals surface area (Å²) in [5, 5.41) is 6.00. The number of unbranched alkanes of at least 4 members (excludes halogenated alkanes) is 2. The molecular formula is C26H34N4O3. The molecule has 2 bridgehead atoms. The molecule has 7 nitrogen and oxygen atoms in total. The van der Waals surface area contributed by atoms with Crippen LogP contribution in [-0.4, -0.2) is 47.1 Å². The third kappa shape index (κ3) is 5.64. The Bertz CT molecular complexity index is 1020. The van der Waals surface area contributed by atoms with Crippen molar-refractivity contribution in [1.29, 1.82) is 0 Å². The molecule has 1 aromatic carbocycles. The van der Waals surface area contributed by atoms with Crippen LogP contribution in [0.3, 0.4) is 0 Å². The highest BCUT2D eigenvalue weighted by Crippen LogP contribution is 2.34. The number of fused-ring (bicyclic) bond motifs is 4. The van der Waals surface area contributed by atoms with E-state index in [0.29, 0.717) is 32.6 Å². The third-order valence-corrected chi connectivity index (χ3v) is 6.74. The lowest BCUT2D eigenvalue weighted by atomic mass is 9.83. The van der Waals surface area contributed by atoms with Crippen molar-refractivity contribution in [1.82, 2.24) is 20.1 Å². The van der Waals surface area contributed by atoms with Crippen LogP contribution in [0.25, 0.3) is 0 Å². The van der Waals surface area contributed by atoms with Gasteiger partial charge in [0.25, 0.3) is 5.56 Å². The number of pyridine rings is 1. The minimum atomic E-state index is -0.627. The Kier molecular flexibility index (Phi) is 7.47. The van der Waals surface area contributed by atoms with Gasteiger partial charge in [0, 0.05) is 50.3 Å². The van der Waals surface area contributed by atoms with Gasteiger partial charge in [-0.1, -0.05) is 56.2 Å². The van der Waals surface area contributed by atoms with E-state index in [1.54, 1.807) is 12.1 Å². The SMILES string of the molecule is CCCCCNC(=O)[C@H](Cc1ccccc1)NC(=O)N1C[C@@H]2C[C@@H](C1)c1cccc(=O)n1C2. The first kappa shape index (κ1) is 23.1. The third-order valence-electron chi connectivity index (χ3n) is 6.74. The smallest absolute Gasteiger partial charge is 0.318 e. The van der Waals surface area contributed by atoms with Gasteiger partial charge >= 0.3 is 6.03 Å². The standard InChI is InChI=1S/C26H34N4O3/c1-2-3-7-13-27-25(32)22(15-19-9-5-4-6-10-19)28-26(33)29-16-20-14-21(18-29)23-11-8-12-24(31)30(23)17-20/h4-6,8-12,20-22H,2-3,7,13-18H2,1H3,(H,27,32)(H,28,33)/t20-,21-,22-/m0/s1. The number of likely N-dealkylation sites (tertiary alicyclic amines) is 1. The minimum absolute atomic E-state index is 0.0303. The molecule has 0 aliphatic carbocycles. The van der Waals surface area contributed by atoms with Gasteiger partial charge in [-0.25, -0.2) is 4.79 Å². The fourth-order valence-electron chi connectivity index (χ4n) is 5.07. The molecular weight excluding hydrogens is 416 g/mol. The van der Waals surface area contributed by atoms with Crippen LogP contribution < -0.4 is 16.2 Å².